The Morgan fingerprint density at radius 2 is 1.00 bits per heavy atom. The Bertz CT molecular complexity index is 364. The van der Waals surface area contributed by atoms with E-state index < -0.39 is 0 Å². The summed E-state index contributed by atoms with van der Waals surface area (Å²) in [5.74, 6) is 0.519. The molecule has 0 aromatic heterocycles. The van der Waals surface area contributed by atoms with Gasteiger partial charge in [0, 0.05) is 0 Å². The van der Waals surface area contributed by atoms with Crippen LogP contribution in [0.15, 0.2) is 0 Å². The average Bonchev–Trinajstić information content (AvgIpc) is 2.19. The molecule has 2 fully saturated rings. The van der Waals surface area contributed by atoms with Crippen molar-refractivity contribution in [2.24, 2.45) is 10.8 Å². The SMILES string of the molecule is CC12C[NH+](C(C)(C)C)CC(C)(C[NH+](C(C)(C)C)C1)C2=O. The molecule has 2 aliphatic heterocycles. The van der Waals surface area contributed by atoms with Crippen LogP contribution in [0, 0.1) is 10.8 Å². The average molecular weight is 282 g/mol. The second kappa shape index (κ2) is 4.30. The van der Waals surface area contributed by atoms with Gasteiger partial charge in [-0.2, -0.15) is 0 Å². The van der Waals surface area contributed by atoms with Gasteiger partial charge in [0.05, 0.1) is 37.3 Å². The molecule has 0 unspecified atom stereocenters. The highest BCUT2D eigenvalue weighted by Crippen LogP contribution is 2.33. The Kier molecular flexibility index (Phi) is 3.43. The number of carbonyl (C=O) groups is 1. The van der Waals surface area contributed by atoms with E-state index in [1.54, 1.807) is 9.80 Å². The molecule has 0 amide bonds. The zero-order valence-corrected chi connectivity index (χ0v) is 14.7. The highest BCUT2D eigenvalue weighted by atomic mass is 16.1. The number of quaternary nitrogens is 2. The molecule has 2 saturated heterocycles. The van der Waals surface area contributed by atoms with E-state index in [-0.39, 0.29) is 21.9 Å². The third kappa shape index (κ3) is 2.55. The maximum Gasteiger partial charge on any atom is 0.167 e. The first-order chi connectivity index (χ1) is 8.78. The molecule has 2 bridgehead atoms. The molecular weight excluding hydrogens is 248 g/mol. The maximum atomic E-state index is 13.0. The fourth-order valence-electron chi connectivity index (χ4n) is 4.24. The lowest BCUT2D eigenvalue weighted by Crippen LogP contribution is -3.30. The quantitative estimate of drug-likeness (QED) is 0.641. The first-order valence-electron chi connectivity index (χ1n) is 8.03. The van der Waals surface area contributed by atoms with Crippen molar-refractivity contribution in [3.05, 3.63) is 0 Å². The van der Waals surface area contributed by atoms with E-state index >= 15 is 0 Å². The maximum absolute atomic E-state index is 13.0. The van der Waals surface area contributed by atoms with Gasteiger partial charge >= 0.3 is 0 Å². The third-order valence-corrected chi connectivity index (χ3v) is 5.63. The zero-order valence-electron chi connectivity index (χ0n) is 14.7. The van der Waals surface area contributed by atoms with E-state index in [0.717, 1.165) is 26.2 Å². The molecule has 0 aromatic rings. The molecule has 2 heterocycles. The number of Topliss-reactive ketones (excluding diaryl/α,β-unsaturated/α-hetero) is 1. The smallest absolute Gasteiger partial charge is 0.167 e. The lowest BCUT2D eigenvalue weighted by molar-refractivity contribution is -1.00. The van der Waals surface area contributed by atoms with E-state index in [9.17, 15) is 4.79 Å². The number of rotatable bonds is 0. The van der Waals surface area contributed by atoms with Crippen LogP contribution in [0.1, 0.15) is 55.4 Å². The fourth-order valence-corrected chi connectivity index (χ4v) is 4.24. The summed E-state index contributed by atoms with van der Waals surface area (Å²) in [6.07, 6.45) is 0. The van der Waals surface area contributed by atoms with E-state index in [1.807, 2.05) is 0 Å². The van der Waals surface area contributed by atoms with Crippen LogP contribution >= 0.6 is 0 Å². The monoisotopic (exact) mass is 282 g/mol. The highest BCUT2D eigenvalue weighted by molar-refractivity contribution is 5.91. The van der Waals surface area contributed by atoms with Gasteiger partial charge in [-0.05, 0) is 55.4 Å². The van der Waals surface area contributed by atoms with Crippen molar-refractivity contribution in [3.63, 3.8) is 0 Å². The molecule has 2 rings (SSSR count). The van der Waals surface area contributed by atoms with Gasteiger partial charge in [0.1, 0.15) is 10.8 Å². The van der Waals surface area contributed by atoms with Crippen molar-refractivity contribution in [2.75, 3.05) is 26.2 Å². The minimum Gasteiger partial charge on any atom is -0.329 e. The summed E-state index contributed by atoms with van der Waals surface area (Å²) < 4.78 is 0. The molecule has 0 atom stereocenters. The van der Waals surface area contributed by atoms with Crippen molar-refractivity contribution < 1.29 is 14.6 Å². The second-order valence-corrected chi connectivity index (χ2v) is 9.86. The zero-order chi connectivity index (χ0) is 15.6. The summed E-state index contributed by atoms with van der Waals surface area (Å²) >= 11 is 0. The molecule has 0 saturated carbocycles. The topological polar surface area (TPSA) is 26.0 Å². The van der Waals surface area contributed by atoms with Crippen LogP contribution in [0.25, 0.3) is 0 Å². The number of likely N-dealkylation sites (tertiary alicyclic amines) is 2. The third-order valence-electron chi connectivity index (χ3n) is 5.63. The van der Waals surface area contributed by atoms with Crippen LogP contribution in [-0.2, 0) is 4.79 Å². The van der Waals surface area contributed by atoms with Crippen molar-refractivity contribution in [2.45, 2.75) is 66.5 Å². The van der Waals surface area contributed by atoms with Gasteiger partial charge < -0.3 is 9.80 Å². The number of carbonyl (C=O) groups excluding carboxylic acids is 1. The standard InChI is InChI=1S/C17H32N2O/c1-14(2,3)18-9-16(7)11-19(15(4,5)6)12-17(8,10-18)13(16)20/h9-12H2,1-8H3/p+2. The van der Waals surface area contributed by atoms with Gasteiger partial charge in [-0.3, -0.25) is 4.79 Å². The van der Waals surface area contributed by atoms with E-state index in [2.05, 4.69) is 55.4 Å². The van der Waals surface area contributed by atoms with Crippen molar-refractivity contribution in [1.29, 1.82) is 0 Å². The van der Waals surface area contributed by atoms with Crippen LogP contribution in [-0.4, -0.2) is 43.0 Å². The summed E-state index contributed by atoms with van der Waals surface area (Å²) in [4.78, 5) is 16.2. The van der Waals surface area contributed by atoms with Crippen LogP contribution in [0.5, 0.6) is 0 Å². The predicted octanol–water partition coefficient (Wildman–Crippen LogP) is -0.0379. The molecule has 0 spiro atoms. The summed E-state index contributed by atoms with van der Waals surface area (Å²) in [7, 11) is 0. The lowest BCUT2D eigenvalue weighted by atomic mass is 9.63. The fraction of sp³-hybridized carbons (Fsp3) is 0.941. The summed E-state index contributed by atoms with van der Waals surface area (Å²) in [6, 6.07) is 0. The van der Waals surface area contributed by atoms with Crippen LogP contribution < -0.4 is 9.80 Å². The summed E-state index contributed by atoms with van der Waals surface area (Å²) in [6.45, 7) is 22.2. The molecule has 3 nitrogen and oxygen atoms in total. The number of fused-ring (bicyclic) bond motifs is 2. The van der Waals surface area contributed by atoms with Crippen LogP contribution in [0.2, 0.25) is 0 Å². The van der Waals surface area contributed by atoms with Crippen molar-refractivity contribution in [3.8, 4) is 0 Å². The Hall–Kier alpha value is -0.410. The summed E-state index contributed by atoms with van der Waals surface area (Å²) in [5, 5.41) is 0. The first kappa shape index (κ1) is 16.0. The predicted molar refractivity (Wildman–Crippen MR) is 82.1 cm³/mol. The van der Waals surface area contributed by atoms with E-state index in [0.29, 0.717) is 5.78 Å². The van der Waals surface area contributed by atoms with Gasteiger partial charge in [0.15, 0.2) is 5.78 Å². The Balaban J connectivity index is 2.37. The Morgan fingerprint density at radius 3 is 1.20 bits per heavy atom. The van der Waals surface area contributed by atoms with Gasteiger partial charge in [-0.25, -0.2) is 0 Å². The minimum atomic E-state index is -0.156. The first-order valence-corrected chi connectivity index (χ1v) is 8.03. The molecule has 3 heteroatoms. The van der Waals surface area contributed by atoms with Gasteiger partial charge in [-0.15, -0.1) is 0 Å². The molecular formula is C17H34N2O+2. The Labute approximate surface area is 124 Å². The summed E-state index contributed by atoms with van der Waals surface area (Å²) in [5.41, 5.74) is 0.137. The molecule has 2 aliphatic rings. The highest BCUT2D eigenvalue weighted by Gasteiger charge is 2.63. The van der Waals surface area contributed by atoms with Crippen molar-refractivity contribution in [1.82, 2.24) is 0 Å². The number of hydrogen-bond donors (Lipinski definition) is 2. The van der Waals surface area contributed by atoms with Crippen LogP contribution in [0.4, 0.5) is 0 Å². The van der Waals surface area contributed by atoms with Gasteiger partial charge in [0.2, 0.25) is 0 Å². The molecule has 20 heavy (non-hydrogen) atoms. The molecule has 0 radical (unpaired) electrons. The molecule has 0 aliphatic carbocycles. The van der Waals surface area contributed by atoms with E-state index in [4.69, 9.17) is 0 Å². The second-order valence-electron chi connectivity index (χ2n) is 9.86. The molecule has 116 valence electrons. The van der Waals surface area contributed by atoms with Gasteiger partial charge in [-0.1, -0.05) is 0 Å². The normalized spacial score (nSPS) is 42.7. The van der Waals surface area contributed by atoms with Crippen LogP contribution in [0.3, 0.4) is 0 Å². The Morgan fingerprint density at radius 1 is 0.750 bits per heavy atom. The van der Waals surface area contributed by atoms with Gasteiger partial charge in [0.25, 0.3) is 0 Å². The number of nitrogens with one attached hydrogen (secondary N) is 2. The largest absolute Gasteiger partial charge is 0.329 e. The lowest BCUT2D eigenvalue weighted by Gasteiger charge is -2.55. The molecule has 0 aromatic carbocycles. The number of ketones is 1. The molecule has 2 N–H and O–H groups in total. The van der Waals surface area contributed by atoms with Crippen molar-refractivity contribution >= 4 is 5.78 Å². The number of piperidine rings is 2. The van der Waals surface area contributed by atoms with E-state index in [1.165, 1.54) is 0 Å². The minimum absolute atomic E-state index is 0.156. The number of hydrogen-bond acceptors (Lipinski definition) is 1.